The molecule has 0 fully saturated rings. The summed E-state index contributed by atoms with van der Waals surface area (Å²) in [6.45, 7) is 0. The van der Waals surface area contributed by atoms with Crippen molar-refractivity contribution in [2.75, 3.05) is 7.11 Å². The number of carboxylic acids is 1. The SMILES string of the molecule is CO/N=C(\C(=O)O)c1csc(N=Cc2ccco2)c1. The topological polar surface area (TPSA) is 84.4 Å². The van der Waals surface area contributed by atoms with E-state index in [4.69, 9.17) is 9.52 Å². The lowest BCUT2D eigenvalue weighted by molar-refractivity contribution is -0.129. The van der Waals surface area contributed by atoms with E-state index in [2.05, 4.69) is 15.0 Å². The molecule has 0 unspecified atom stereocenters. The second-order valence-corrected chi connectivity index (χ2v) is 4.26. The van der Waals surface area contributed by atoms with Gasteiger partial charge in [-0.2, -0.15) is 0 Å². The Hall–Kier alpha value is -2.41. The molecule has 0 bridgehead atoms. The number of hydrogen-bond donors (Lipinski definition) is 1. The van der Waals surface area contributed by atoms with Gasteiger partial charge < -0.3 is 14.4 Å². The summed E-state index contributed by atoms with van der Waals surface area (Å²) in [4.78, 5) is 19.7. The fourth-order valence-corrected chi connectivity index (χ4v) is 2.05. The highest BCUT2D eigenvalue weighted by Crippen LogP contribution is 2.24. The van der Waals surface area contributed by atoms with E-state index in [0.29, 0.717) is 16.3 Å². The molecule has 0 spiro atoms. The number of aliphatic imine (C=N–C) groups is 1. The summed E-state index contributed by atoms with van der Waals surface area (Å²) < 4.78 is 5.10. The van der Waals surface area contributed by atoms with E-state index in [-0.39, 0.29) is 5.71 Å². The van der Waals surface area contributed by atoms with Crippen LogP contribution in [0.2, 0.25) is 0 Å². The van der Waals surface area contributed by atoms with E-state index in [0.717, 1.165) is 0 Å². The average molecular weight is 278 g/mol. The molecule has 0 aromatic carbocycles. The minimum atomic E-state index is -1.15. The summed E-state index contributed by atoms with van der Waals surface area (Å²) in [5.41, 5.74) is 0.296. The number of aliphatic carboxylic acids is 1. The van der Waals surface area contributed by atoms with Gasteiger partial charge in [-0.1, -0.05) is 5.16 Å². The van der Waals surface area contributed by atoms with E-state index in [1.807, 2.05) is 0 Å². The Bertz CT molecular complexity index is 613. The van der Waals surface area contributed by atoms with Crippen molar-refractivity contribution in [2.24, 2.45) is 10.1 Å². The maximum Gasteiger partial charge on any atom is 0.358 e. The smallest absolute Gasteiger partial charge is 0.358 e. The molecule has 0 amide bonds. The number of furan rings is 1. The quantitative estimate of drug-likeness (QED) is 0.672. The molecule has 0 radical (unpaired) electrons. The molecule has 19 heavy (non-hydrogen) atoms. The number of carboxylic acid groups (broad SMARTS) is 1. The van der Waals surface area contributed by atoms with Gasteiger partial charge in [-0.3, -0.25) is 0 Å². The van der Waals surface area contributed by atoms with Gasteiger partial charge in [0, 0.05) is 10.9 Å². The van der Waals surface area contributed by atoms with Crippen LogP contribution in [0.3, 0.4) is 0 Å². The van der Waals surface area contributed by atoms with Crippen LogP contribution in [-0.4, -0.2) is 30.1 Å². The maximum atomic E-state index is 11.0. The summed E-state index contributed by atoms with van der Waals surface area (Å²) >= 11 is 1.30. The molecule has 98 valence electrons. The number of rotatable bonds is 5. The summed E-state index contributed by atoms with van der Waals surface area (Å²) in [7, 11) is 1.30. The summed E-state index contributed by atoms with van der Waals surface area (Å²) in [6.07, 6.45) is 3.11. The number of oxime groups is 1. The lowest BCUT2D eigenvalue weighted by Gasteiger charge is -1.95. The zero-order chi connectivity index (χ0) is 13.7. The second kappa shape index (κ2) is 5.96. The van der Waals surface area contributed by atoms with Gasteiger partial charge in [-0.15, -0.1) is 11.3 Å². The molecule has 7 heteroatoms. The van der Waals surface area contributed by atoms with Crippen molar-refractivity contribution >= 4 is 34.2 Å². The Balaban J connectivity index is 2.19. The number of thiophene rings is 1. The van der Waals surface area contributed by atoms with E-state index >= 15 is 0 Å². The van der Waals surface area contributed by atoms with Crippen LogP contribution in [0, 0.1) is 0 Å². The van der Waals surface area contributed by atoms with Crippen molar-refractivity contribution in [1.29, 1.82) is 0 Å². The van der Waals surface area contributed by atoms with Gasteiger partial charge in [0.25, 0.3) is 0 Å². The van der Waals surface area contributed by atoms with Crippen LogP contribution in [0.25, 0.3) is 0 Å². The highest BCUT2D eigenvalue weighted by atomic mass is 32.1. The van der Waals surface area contributed by atoms with E-state index in [9.17, 15) is 4.79 Å². The van der Waals surface area contributed by atoms with E-state index in [1.54, 1.807) is 36.1 Å². The standard InChI is InChI=1S/C12H10N2O4S/c1-17-14-11(12(15)16)8-5-10(19-7-8)13-6-9-3-2-4-18-9/h2-7H,1H3,(H,15,16)/b13-6?,14-11-. The van der Waals surface area contributed by atoms with Crippen molar-refractivity contribution in [3.8, 4) is 0 Å². The zero-order valence-corrected chi connectivity index (χ0v) is 10.8. The maximum absolute atomic E-state index is 11.0. The van der Waals surface area contributed by atoms with Crippen LogP contribution in [0.1, 0.15) is 11.3 Å². The van der Waals surface area contributed by atoms with Crippen molar-refractivity contribution in [2.45, 2.75) is 0 Å². The molecule has 0 saturated heterocycles. The summed E-state index contributed by atoms with van der Waals surface area (Å²) in [6, 6.07) is 5.15. The largest absolute Gasteiger partial charge is 0.476 e. The fraction of sp³-hybridized carbons (Fsp3) is 0.0833. The molecule has 2 aromatic rings. The van der Waals surface area contributed by atoms with Crippen LogP contribution in [0.15, 0.2) is 44.4 Å². The molecular weight excluding hydrogens is 268 g/mol. The number of carbonyl (C=O) groups is 1. The molecule has 1 N–H and O–H groups in total. The molecule has 0 aliphatic carbocycles. The molecule has 2 heterocycles. The lowest BCUT2D eigenvalue weighted by atomic mass is 10.2. The van der Waals surface area contributed by atoms with E-state index < -0.39 is 5.97 Å². The highest BCUT2D eigenvalue weighted by Gasteiger charge is 2.15. The van der Waals surface area contributed by atoms with Gasteiger partial charge in [-0.25, -0.2) is 9.79 Å². The van der Waals surface area contributed by atoms with Crippen molar-refractivity contribution < 1.29 is 19.2 Å². The average Bonchev–Trinajstić information content (AvgIpc) is 3.04. The van der Waals surface area contributed by atoms with Gasteiger partial charge >= 0.3 is 5.97 Å². The Morgan fingerprint density at radius 2 is 2.42 bits per heavy atom. The monoisotopic (exact) mass is 278 g/mol. The van der Waals surface area contributed by atoms with Crippen molar-refractivity contribution in [3.05, 3.63) is 41.2 Å². The van der Waals surface area contributed by atoms with Gasteiger partial charge in [0.05, 0.1) is 12.5 Å². The molecular formula is C12H10N2O4S. The minimum absolute atomic E-state index is 0.154. The minimum Gasteiger partial charge on any atom is -0.476 e. The molecule has 0 aliphatic rings. The molecule has 2 rings (SSSR count). The number of nitrogens with zero attached hydrogens (tertiary/aromatic N) is 2. The predicted octanol–water partition coefficient (Wildman–Crippen LogP) is 2.53. The van der Waals surface area contributed by atoms with Crippen LogP contribution < -0.4 is 0 Å². The Kier molecular flexibility index (Phi) is 4.09. The molecule has 0 aliphatic heterocycles. The Labute approximate surface area is 112 Å². The fourth-order valence-electron chi connectivity index (χ4n) is 1.32. The molecule has 6 nitrogen and oxygen atoms in total. The number of hydrogen-bond acceptors (Lipinski definition) is 6. The first-order valence-corrected chi connectivity index (χ1v) is 6.09. The third-order valence-corrected chi connectivity index (χ3v) is 2.94. The van der Waals surface area contributed by atoms with Crippen LogP contribution in [-0.2, 0) is 9.63 Å². The summed E-state index contributed by atoms with van der Waals surface area (Å²) in [5.74, 6) is -0.528. The van der Waals surface area contributed by atoms with Gasteiger partial charge in [0.2, 0.25) is 0 Å². The summed E-state index contributed by atoms with van der Waals surface area (Å²) in [5, 5.41) is 14.8. The second-order valence-electron chi connectivity index (χ2n) is 3.37. The normalized spacial score (nSPS) is 11.9. The third kappa shape index (κ3) is 3.29. The lowest BCUT2D eigenvalue weighted by Crippen LogP contribution is -2.13. The van der Waals surface area contributed by atoms with Gasteiger partial charge in [0.1, 0.15) is 17.9 Å². The van der Waals surface area contributed by atoms with Crippen molar-refractivity contribution in [3.63, 3.8) is 0 Å². The van der Waals surface area contributed by atoms with Crippen LogP contribution >= 0.6 is 11.3 Å². The van der Waals surface area contributed by atoms with Crippen molar-refractivity contribution in [1.82, 2.24) is 0 Å². The van der Waals surface area contributed by atoms with Crippen LogP contribution in [0.4, 0.5) is 5.00 Å². The molecule has 0 saturated carbocycles. The van der Waals surface area contributed by atoms with Gasteiger partial charge in [-0.05, 0) is 18.2 Å². The first kappa shape index (κ1) is 13.0. The third-order valence-electron chi connectivity index (χ3n) is 2.11. The predicted molar refractivity (Wildman–Crippen MR) is 71.5 cm³/mol. The first-order chi connectivity index (χ1) is 9.20. The van der Waals surface area contributed by atoms with E-state index in [1.165, 1.54) is 18.4 Å². The van der Waals surface area contributed by atoms with Crippen LogP contribution in [0.5, 0.6) is 0 Å². The molecule has 2 aromatic heterocycles. The van der Waals surface area contributed by atoms with Gasteiger partial charge in [0.15, 0.2) is 5.71 Å². The Morgan fingerprint density at radius 3 is 3.05 bits per heavy atom. The Morgan fingerprint density at radius 1 is 1.58 bits per heavy atom. The molecule has 0 atom stereocenters. The first-order valence-electron chi connectivity index (χ1n) is 5.21. The highest BCUT2D eigenvalue weighted by molar-refractivity contribution is 7.14. The zero-order valence-electron chi connectivity index (χ0n) is 9.94.